The van der Waals surface area contributed by atoms with Gasteiger partial charge in [-0.1, -0.05) is 42.0 Å². The molecule has 0 bridgehead atoms. The normalized spacial score (nSPS) is 22.8. The van der Waals surface area contributed by atoms with Crippen LogP contribution in [0.4, 0.5) is 0 Å². The SMILES string of the molecule is Cc1ccc2occ(CN3C[C@@H]4CCCN4C[C@H]3Cc3ccccc3)c(=O)c2c1. The first-order chi connectivity index (χ1) is 14.2. The van der Waals surface area contributed by atoms with E-state index in [4.69, 9.17) is 4.42 Å². The first-order valence-corrected chi connectivity index (χ1v) is 10.7. The van der Waals surface area contributed by atoms with Crippen LogP contribution in [-0.2, 0) is 13.0 Å². The molecule has 0 N–H and O–H groups in total. The summed E-state index contributed by atoms with van der Waals surface area (Å²) < 4.78 is 5.82. The zero-order valence-corrected chi connectivity index (χ0v) is 17.0. The Morgan fingerprint density at radius 2 is 1.97 bits per heavy atom. The highest BCUT2D eigenvalue weighted by atomic mass is 16.3. The van der Waals surface area contributed by atoms with Crippen molar-refractivity contribution in [3.05, 3.63) is 81.7 Å². The maximum atomic E-state index is 13.2. The molecule has 4 nitrogen and oxygen atoms in total. The van der Waals surface area contributed by atoms with Crippen molar-refractivity contribution in [2.45, 2.75) is 44.8 Å². The molecule has 150 valence electrons. The summed E-state index contributed by atoms with van der Waals surface area (Å²) in [4.78, 5) is 18.3. The van der Waals surface area contributed by atoms with Crippen LogP contribution in [0.25, 0.3) is 11.0 Å². The fraction of sp³-hybridized carbons (Fsp3) is 0.400. The minimum atomic E-state index is 0.113. The van der Waals surface area contributed by atoms with E-state index in [2.05, 4.69) is 40.1 Å². The highest BCUT2D eigenvalue weighted by Gasteiger charge is 2.36. The van der Waals surface area contributed by atoms with Crippen molar-refractivity contribution in [3.63, 3.8) is 0 Å². The van der Waals surface area contributed by atoms with Crippen LogP contribution in [0.15, 0.2) is 64.0 Å². The topological polar surface area (TPSA) is 36.7 Å². The molecule has 4 heteroatoms. The second-order valence-corrected chi connectivity index (χ2v) is 8.65. The summed E-state index contributed by atoms with van der Waals surface area (Å²) in [6, 6.07) is 17.6. The zero-order chi connectivity index (χ0) is 19.8. The van der Waals surface area contributed by atoms with E-state index in [9.17, 15) is 4.79 Å². The number of aryl methyl sites for hydroxylation is 1. The molecule has 0 spiro atoms. The standard InChI is InChI=1S/C25H28N2O2/c1-18-9-10-24-23(12-18)25(28)20(17-29-24)14-27-15-21-8-5-11-26(21)16-22(27)13-19-6-3-2-4-7-19/h2-4,6-7,9-10,12,17,21-22H,5,8,11,13-16H2,1H3/t21-,22+/m0/s1. The summed E-state index contributed by atoms with van der Waals surface area (Å²) in [6.07, 6.45) is 5.25. The third kappa shape index (κ3) is 3.75. The zero-order valence-electron chi connectivity index (χ0n) is 17.0. The van der Waals surface area contributed by atoms with Crippen molar-refractivity contribution in [2.24, 2.45) is 0 Å². The molecule has 0 unspecified atom stereocenters. The van der Waals surface area contributed by atoms with E-state index in [0.29, 0.717) is 29.6 Å². The van der Waals surface area contributed by atoms with Gasteiger partial charge in [0.15, 0.2) is 5.43 Å². The molecular formula is C25H28N2O2. The molecule has 0 amide bonds. The Bertz CT molecular complexity index is 1060. The first-order valence-electron chi connectivity index (χ1n) is 10.7. The molecule has 2 atom stereocenters. The molecule has 2 saturated heterocycles. The van der Waals surface area contributed by atoms with E-state index in [1.165, 1.54) is 24.9 Å². The molecule has 2 fully saturated rings. The fourth-order valence-electron chi connectivity index (χ4n) is 5.03. The number of hydrogen-bond acceptors (Lipinski definition) is 4. The third-order valence-electron chi connectivity index (χ3n) is 6.59. The average Bonchev–Trinajstić information content (AvgIpc) is 3.18. The predicted octanol–water partition coefficient (Wildman–Crippen LogP) is 3.99. The molecule has 0 radical (unpaired) electrons. The highest BCUT2D eigenvalue weighted by molar-refractivity contribution is 5.77. The molecule has 5 rings (SSSR count). The molecule has 2 aromatic carbocycles. The van der Waals surface area contributed by atoms with Crippen LogP contribution in [0, 0.1) is 6.92 Å². The van der Waals surface area contributed by atoms with Crippen molar-refractivity contribution in [2.75, 3.05) is 19.6 Å². The number of piperazine rings is 1. The van der Waals surface area contributed by atoms with Gasteiger partial charge >= 0.3 is 0 Å². The molecule has 2 aliphatic heterocycles. The molecular weight excluding hydrogens is 360 g/mol. The first kappa shape index (κ1) is 18.6. The lowest BCUT2D eigenvalue weighted by Gasteiger charge is -2.43. The van der Waals surface area contributed by atoms with Gasteiger partial charge in [-0.25, -0.2) is 0 Å². The summed E-state index contributed by atoms with van der Waals surface area (Å²) in [7, 11) is 0. The minimum Gasteiger partial charge on any atom is -0.464 e. The van der Waals surface area contributed by atoms with Crippen LogP contribution in [0.5, 0.6) is 0 Å². The van der Waals surface area contributed by atoms with Crippen LogP contribution < -0.4 is 5.43 Å². The maximum absolute atomic E-state index is 13.2. The Balaban J connectivity index is 1.44. The van der Waals surface area contributed by atoms with Gasteiger partial charge < -0.3 is 4.42 Å². The predicted molar refractivity (Wildman–Crippen MR) is 116 cm³/mol. The van der Waals surface area contributed by atoms with Gasteiger partial charge in [-0.2, -0.15) is 0 Å². The van der Waals surface area contributed by atoms with Gasteiger partial charge in [-0.3, -0.25) is 14.6 Å². The van der Waals surface area contributed by atoms with E-state index in [1.54, 1.807) is 6.26 Å². The van der Waals surface area contributed by atoms with Gasteiger partial charge in [0.05, 0.1) is 11.6 Å². The second kappa shape index (κ2) is 7.77. The van der Waals surface area contributed by atoms with Crippen molar-refractivity contribution in [1.82, 2.24) is 9.80 Å². The highest BCUT2D eigenvalue weighted by Crippen LogP contribution is 2.27. The largest absolute Gasteiger partial charge is 0.464 e. The fourth-order valence-corrected chi connectivity index (χ4v) is 5.03. The molecule has 1 aromatic heterocycles. The minimum absolute atomic E-state index is 0.113. The Hall–Kier alpha value is -2.43. The summed E-state index contributed by atoms with van der Waals surface area (Å²) >= 11 is 0. The number of benzene rings is 2. The van der Waals surface area contributed by atoms with E-state index in [1.807, 2.05) is 25.1 Å². The second-order valence-electron chi connectivity index (χ2n) is 8.65. The Kier molecular flexibility index (Phi) is 4.98. The lowest BCUT2D eigenvalue weighted by atomic mass is 9.99. The summed E-state index contributed by atoms with van der Waals surface area (Å²) in [5.74, 6) is 0. The van der Waals surface area contributed by atoms with E-state index in [-0.39, 0.29) is 5.43 Å². The Morgan fingerprint density at radius 3 is 2.83 bits per heavy atom. The van der Waals surface area contributed by atoms with Crippen LogP contribution in [0.2, 0.25) is 0 Å². The van der Waals surface area contributed by atoms with Crippen molar-refractivity contribution in [1.29, 1.82) is 0 Å². The van der Waals surface area contributed by atoms with Gasteiger partial charge in [-0.15, -0.1) is 0 Å². The maximum Gasteiger partial charge on any atom is 0.197 e. The van der Waals surface area contributed by atoms with Crippen molar-refractivity contribution >= 4 is 11.0 Å². The Morgan fingerprint density at radius 1 is 1.10 bits per heavy atom. The molecule has 3 aromatic rings. The molecule has 29 heavy (non-hydrogen) atoms. The monoisotopic (exact) mass is 388 g/mol. The average molecular weight is 389 g/mol. The smallest absolute Gasteiger partial charge is 0.197 e. The summed E-state index contributed by atoms with van der Waals surface area (Å²) in [5, 5.41) is 0.696. The number of fused-ring (bicyclic) bond motifs is 2. The van der Waals surface area contributed by atoms with E-state index < -0.39 is 0 Å². The number of nitrogens with zero attached hydrogens (tertiary/aromatic N) is 2. The summed E-state index contributed by atoms with van der Waals surface area (Å²) in [6.45, 7) is 6.00. The van der Waals surface area contributed by atoms with Crippen LogP contribution >= 0.6 is 0 Å². The molecule has 0 aliphatic carbocycles. The summed E-state index contributed by atoms with van der Waals surface area (Å²) in [5.41, 5.74) is 4.01. The number of hydrogen-bond donors (Lipinski definition) is 0. The lowest BCUT2D eigenvalue weighted by molar-refractivity contribution is 0.0451. The van der Waals surface area contributed by atoms with Gasteiger partial charge in [0.1, 0.15) is 5.58 Å². The molecule has 3 heterocycles. The van der Waals surface area contributed by atoms with Crippen LogP contribution in [-0.4, -0.2) is 41.5 Å². The van der Waals surface area contributed by atoms with E-state index >= 15 is 0 Å². The third-order valence-corrected chi connectivity index (χ3v) is 6.59. The Labute approximate surface area is 171 Å². The van der Waals surface area contributed by atoms with Gasteiger partial charge in [-0.05, 0) is 50.4 Å². The van der Waals surface area contributed by atoms with Gasteiger partial charge in [0.2, 0.25) is 0 Å². The van der Waals surface area contributed by atoms with Crippen molar-refractivity contribution < 1.29 is 4.42 Å². The quantitative estimate of drug-likeness (QED) is 0.677. The van der Waals surface area contributed by atoms with E-state index in [0.717, 1.165) is 30.6 Å². The van der Waals surface area contributed by atoms with Crippen LogP contribution in [0.3, 0.4) is 0 Å². The molecule has 2 aliphatic rings. The lowest BCUT2D eigenvalue weighted by Crippen LogP contribution is -2.56. The molecule has 0 saturated carbocycles. The van der Waals surface area contributed by atoms with Gasteiger partial charge in [0, 0.05) is 37.3 Å². The van der Waals surface area contributed by atoms with Crippen LogP contribution in [0.1, 0.15) is 29.5 Å². The van der Waals surface area contributed by atoms with Gasteiger partial charge in [0.25, 0.3) is 0 Å². The number of rotatable bonds is 4. The van der Waals surface area contributed by atoms with Crippen molar-refractivity contribution in [3.8, 4) is 0 Å².